The molecule has 108 valence electrons. The van der Waals surface area contributed by atoms with Crippen LogP contribution in [-0.2, 0) is 11.9 Å². The van der Waals surface area contributed by atoms with Crippen LogP contribution in [0.15, 0.2) is 12.1 Å². The molecule has 6 heteroatoms. The topological polar surface area (TPSA) is 31.4 Å². The summed E-state index contributed by atoms with van der Waals surface area (Å²) in [6.07, 6.45) is 0. The Balaban J connectivity index is 2.23. The van der Waals surface area contributed by atoms with Gasteiger partial charge in [0.1, 0.15) is 11.6 Å². The van der Waals surface area contributed by atoms with Gasteiger partial charge < -0.3 is 9.47 Å². The highest BCUT2D eigenvalue weighted by molar-refractivity contribution is 9.08. The molecule has 0 unspecified atom stereocenters. The molecule has 0 radical (unpaired) electrons. The van der Waals surface area contributed by atoms with E-state index in [-0.39, 0.29) is 0 Å². The van der Waals surface area contributed by atoms with Gasteiger partial charge in [0.05, 0.1) is 12.8 Å². The third kappa shape index (κ3) is 3.45. The number of aryl methyl sites for hydroxylation is 2. The van der Waals surface area contributed by atoms with Crippen molar-refractivity contribution in [1.29, 1.82) is 0 Å². The van der Waals surface area contributed by atoms with Crippen molar-refractivity contribution in [2.75, 3.05) is 7.11 Å². The summed E-state index contributed by atoms with van der Waals surface area (Å²) in [7, 11) is 1.61. The van der Waals surface area contributed by atoms with E-state index in [4.69, 9.17) is 21.1 Å². The number of nitrogens with zero attached hydrogens (tertiary/aromatic N) is 1. The van der Waals surface area contributed by atoms with Crippen LogP contribution < -0.4 is 9.47 Å². The molecule has 20 heavy (non-hydrogen) atoms. The van der Waals surface area contributed by atoms with Crippen molar-refractivity contribution < 1.29 is 9.47 Å². The molecule has 0 atom stereocenters. The third-order valence-corrected chi connectivity index (χ3v) is 4.74. The molecule has 2 aromatic rings. The van der Waals surface area contributed by atoms with E-state index in [9.17, 15) is 0 Å². The van der Waals surface area contributed by atoms with Crippen molar-refractivity contribution in [1.82, 2.24) is 4.98 Å². The molecule has 1 aromatic carbocycles. The Morgan fingerprint density at radius 1 is 1.35 bits per heavy atom. The fourth-order valence-electron chi connectivity index (χ4n) is 1.77. The Morgan fingerprint density at radius 3 is 2.65 bits per heavy atom. The second-order valence-corrected chi connectivity index (χ2v) is 6.55. The number of benzene rings is 1. The highest BCUT2D eigenvalue weighted by atomic mass is 79.9. The number of aromatic nitrogens is 1. The van der Waals surface area contributed by atoms with Gasteiger partial charge in [0.15, 0.2) is 11.5 Å². The summed E-state index contributed by atoms with van der Waals surface area (Å²) in [5, 5.41) is 2.23. The van der Waals surface area contributed by atoms with Gasteiger partial charge >= 0.3 is 0 Å². The van der Waals surface area contributed by atoms with E-state index < -0.39 is 0 Å². The Hall–Kier alpha value is -0.780. The van der Waals surface area contributed by atoms with Gasteiger partial charge in [0.2, 0.25) is 0 Å². The molecule has 1 aromatic heterocycles. The summed E-state index contributed by atoms with van der Waals surface area (Å²) in [5.74, 6) is 1.34. The maximum absolute atomic E-state index is 6.05. The van der Waals surface area contributed by atoms with E-state index >= 15 is 0 Å². The summed E-state index contributed by atoms with van der Waals surface area (Å²) in [6.45, 7) is 4.49. The first kappa shape index (κ1) is 15.6. The predicted octanol–water partition coefficient (Wildman–Crippen LogP) is 4.90. The lowest BCUT2D eigenvalue weighted by Crippen LogP contribution is -2.00. The minimum atomic E-state index is 0.428. The molecule has 0 saturated heterocycles. The maximum Gasteiger partial charge on any atom is 0.165 e. The van der Waals surface area contributed by atoms with E-state index in [0.717, 1.165) is 16.3 Å². The Kier molecular flexibility index (Phi) is 5.29. The summed E-state index contributed by atoms with van der Waals surface area (Å²) in [5.41, 5.74) is 2.01. The number of thiazole rings is 1. The zero-order valence-corrected chi connectivity index (χ0v) is 14.7. The molecule has 0 saturated carbocycles. The first-order chi connectivity index (χ1) is 9.55. The highest BCUT2D eigenvalue weighted by Gasteiger charge is 2.13. The monoisotopic (exact) mass is 375 g/mol. The van der Waals surface area contributed by atoms with Crippen molar-refractivity contribution in [3.63, 3.8) is 0 Å². The maximum atomic E-state index is 6.05. The van der Waals surface area contributed by atoms with Crippen LogP contribution in [0.1, 0.15) is 21.1 Å². The van der Waals surface area contributed by atoms with Gasteiger partial charge in [-0.1, -0.05) is 27.5 Å². The summed E-state index contributed by atoms with van der Waals surface area (Å²) < 4.78 is 11.2. The molecule has 0 N–H and O–H groups in total. The fourth-order valence-corrected chi connectivity index (χ4v) is 3.27. The number of hydrogen-bond donors (Lipinski definition) is 0. The van der Waals surface area contributed by atoms with Gasteiger partial charge in [-0.15, -0.1) is 11.3 Å². The van der Waals surface area contributed by atoms with Gasteiger partial charge in [0, 0.05) is 26.9 Å². The Morgan fingerprint density at radius 2 is 2.10 bits per heavy atom. The number of rotatable bonds is 5. The van der Waals surface area contributed by atoms with Crippen LogP contribution >= 0.6 is 38.9 Å². The minimum absolute atomic E-state index is 0.428. The SMILES string of the molecule is COc1cc(Cl)cc(CBr)c1OCc1nc(C)c(C)s1. The van der Waals surface area contributed by atoms with Crippen LogP contribution in [0.3, 0.4) is 0 Å². The number of methoxy groups -OCH3 is 1. The van der Waals surface area contributed by atoms with Gasteiger partial charge in [0.25, 0.3) is 0 Å². The van der Waals surface area contributed by atoms with Gasteiger partial charge in [-0.2, -0.15) is 0 Å². The zero-order valence-electron chi connectivity index (χ0n) is 11.5. The third-order valence-electron chi connectivity index (χ3n) is 2.87. The molecular formula is C14H15BrClNO2S. The normalized spacial score (nSPS) is 10.7. The average molecular weight is 377 g/mol. The Labute approximate surface area is 136 Å². The van der Waals surface area contributed by atoms with E-state index in [0.29, 0.717) is 28.5 Å². The van der Waals surface area contributed by atoms with Crippen molar-refractivity contribution >= 4 is 38.9 Å². The quantitative estimate of drug-likeness (QED) is 0.696. The molecule has 2 rings (SSSR count). The van der Waals surface area contributed by atoms with Crippen LogP contribution in [0.4, 0.5) is 0 Å². The van der Waals surface area contributed by atoms with Gasteiger partial charge in [-0.3, -0.25) is 0 Å². The summed E-state index contributed by atoms with van der Waals surface area (Å²) in [6, 6.07) is 3.62. The molecular weight excluding hydrogens is 362 g/mol. The van der Waals surface area contributed by atoms with Crippen LogP contribution in [0.5, 0.6) is 11.5 Å². The minimum Gasteiger partial charge on any atom is -0.493 e. The molecule has 0 aliphatic carbocycles. The molecule has 3 nitrogen and oxygen atoms in total. The molecule has 0 amide bonds. The first-order valence-corrected chi connectivity index (χ1v) is 8.34. The molecule has 0 aliphatic rings. The number of hydrogen-bond acceptors (Lipinski definition) is 4. The second kappa shape index (κ2) is 6.78. The predicted molar refractivity (Wildman–Crippen MR) is 86.6 cm³/mol. The van der Waals surface area contributed by atoms with E-state index in [1.807, 2.05) is 13.0 Å². The van der Waals surface area contributed by atoms with E-state index in [1.165, 1.54) is 4.88 Å². The Bertz CT molecular complexity index is 571. The van der Waals surface area contributed by atoms with Gasteiger partial charge in [-0.05, 0) is 19.9 Å². The number of alkyl halides is 1. The number of halogens is 2. The lowest BCUT2D eigenvalue weighted by atomic mass is 10.2. The van der Waals surface area contributed by atoms with Crippen LogP contribution in [0.25, 0.3) is 0 Å². The smallest absolute Gasteiger partial charge is 0.165 e. The zero-order chi connectivity index (χ0) is 14.7. The van der Waals surface area contributed by atoms with E-state index in [1.54, 1.807) is 24.5 Å². The van der Waals surface area contributed by atoms with Gasteiger partial charge in [-0.25, -0.2) is 4.98 Å². The molecule has 1 heterocycles. The largest absolute Gasteiger partial charge is 0.493 e. The molecule has 0 fully saturated rings. The lowest BCUT2D eigenvalue weighted by molar-refractivity contribution is 0.282. The lowest BCUT2D eigenvalue weighted by Gasteiger charge is -2.13. The number of ether oxygens (including phenoxy) is 2. The van der Waals surface area contributed by atoms with Crippen molar-refractivity contribution in [3.05, 3.63) is 38.3 Å². The standard InChI is InChI=1S/C14H15BrClNO2S/c1-8-9(2)20-13(17-8)7-19-14-10(6-15)4-11(16)5-12(14)18-3/h4-5H,6-7H2,1-3H3. The molecule has 0 bridgehead atoms. The van der Waals surface area contributed by atoms with Crippen molar-refractivity contribution in [3.8, 4) is 11.5 Å². The summed E-state index contributed by atoms with van der Waals surface area (Å²) in [4.78, 5) is 5.68. The summed E-state index contributed by atoms with van der Waals surface area (Å²) >= 11 is 11.1. The second-order valence-electron chi connectivity index (χ2n) is 4.27. The van der Waals surface area contributed by atoms with Crippen molar-refractivity contribution in [2.45, 2.75) is 25.8 Å². The van der Waals surface area contributed by atoms with Crippen molar-refractivity contribution in [2.24, 2.45) is 0 Å². The van der Waals surface area contributed by atoms with Crippen LogP contribution in [0, 0.1) is 13.8 Å². The van der Waals surface area contributed by atoms with E-state index in [2.05, 4.69) is 27.8 Å². The molecule has 0 spiro atoms. The highest BCUT2D eigenvalue weighted by Crippen LogP contribution is 2.36. The van der Waals surface area contributed by atoms with Crippen LogP contribution in [0.2, 0.25) is 5.02 Å². The fraction of sp³-hybridized carbons (Fsp3) is 0.357. The first-order valence-electron chi connectivity index (χ1n) is 6.03. The average Bonchev–Trinajstić information content (AvgIpc) is 2.75. The molecule has 0 aliphatic heterocycles. The van der Waals surface area contributed by atoms with Crippen LogP contribution in [-0.4, -0.2) is 12.1 Å².